The molecule has 0 saturated carbocycles. The van der Waals surface area contributed by atoms with Crippen molar-refractivity contribution in [1.29, 1.82) is 0 Å². The fourth-order valence-corrected chi connectivity index (χ4v) is 1.85. The zero-order valence-corrected chi connectivity index (χ0v) is 11.6. The van der Waals surface area contributed by atoms with Gasteiger partial charge in [0, 0.05) is 13.1 Å². The van der Waals surface area contributed by atoms with Crippen LogP contribution in [0.25, 0.3) is 0 Å². The highest BCUT2D eigenvalue weighted by Gasteiger charge is 2.06. The average Bonchev–Trinajstić information content (AvgIpc) is 2.83. The number of nitrogens with zero attached hydrogens (tertiary/aromatic N) is 3. The molecule has 2 aromatic rings. The Morgan fingerprint density at radius 2 is 2.05 bits per heavy atom. The average molecular weight is 260 g/mol. The van der Waals surface area contributed by atoms with Gasteiger partial charge >= 0.3 is 0 Å². The molecule has 1 atom stereocenters. The lowest BCUT2D eigenvalue weighted by molar-refractivity contribution is 0.340. The summed E-state index contributed by atoms with van der Waals surface area (Å²) in [7, 11) is 1.87. The molecule has 0 aliphatic rings. The second-order valence-corrected chi connectivity index (χ2v) is 4.44. The van der Waals surface area contributed by atoms with E-state index in [-0.39, 0.29) is 6.04 Å². The Kier molecular flexibility index (Phi) is 4.52. The van der Waals surface area contributed by atoms with Crippen LogP contribution in [0.5, 0.6) is 5.75 Å². The molecule has 0 saturated heterocycles. The zero-order valence-electron chi connectivity index (χ0n) is 11.6. The van der Waals surface area contributed by atoms with Crippen molar-refractivity contribution >= 4 is 0 Å². The summed E-state index contributed by atoms with van der Waals surface area (Å²) in [6.07, 6.45) is 1.71. The van der Waals surface area contributed by atoms with Crippen LogP contribution in [0.15, 0.2) is 30.6 Å². The lowest BCUT2D eigenvalue weighted by atomic mass is 10.1. The van der Waals surface area contributed by atoms with Crippen LogP contribution in [0.1, 0.15) is 31.3 Å². The van der Waals surface area contributed by atoms with Gasteiger partial charge in [-0.25, -0.2) is 4.98 Å². The molecule has 0 aliphatic carbocycles. The standard InChI is InChI=1S/C14H20N4O/c1-4-19-13-7-5-12(6-8-13)11(2)15-9-14-16-10-18(3)17-14/h5-8,10-11,15H,4,9H2,1-3H3. The molecule has 1 aromatic carbocycles. The van der Waals surface area contributed by atoms with Gasteiger partial charge in [0.05, 0.1) is 13.2 Å². The van der Waals surface area contributed by atoms with Crippen molar-refractivity contribution in [2.24, 2.45) is 7.05 Å². The molecule has 0 spiro atoms. The Labute approximate surface area is 113 Å². The molecule has 0 fully saturated rings. The molecule has 2 rings (SSSR count). The van der Waals surface area contributed by atoms with Crippen molar-refractivity contribution in [1.82, 2.24) is 20.1 Å². The Hall–Kier alpha value is -1.88. The largest absolute Gasteiger partial charge is 0.494 e. The molecule has 5 heteroatoms. The third-order valence-electron chi connectivity index (χ3n) is 2.90. The molecule has 0 amide bonds. The minimum atomic E-state index is 0.250. The van der Waals surface area contributed by atoms with E-state index in [1.807, 2.05) is 26.1 Å². The van der Waals surface area contributed by atoms with Crippen LogP contribution >= 0.6 is 0 Å². The monoisotopic (exact) mass is 260 g/mol. The maximum absolute atomic E-state index is 5.43. The van der Waals surface area contributed by atoms with Crippen molar-refractivity contribution < 1.29 is 4.74 Å². The van der Waals surface area contributed by atoms with Gasteiger partial charge in [0.25, 0.3) is 0 Å². The molecule has 1 aromatic heterocycles. The van der Waals surface area contributed by atoms with Gasteiger partial charge in [0.15, 0.2) is 5.82 Å². The summed E-state index contributed by atoms with van der Waals surface area (Å²) in [5.74, 6) is 1.71. The first-order valence-electron chi connectivity index (χ1n) is 6.49. The number of aryl methyl sites for hydroxylation is 1. The van der Waals surface area contributed by atoms with E-state index in [9.17, 15) is 0 Å². The van der Waals surface area contributed by atoms with Gasteiger partial charge in [-0.2, -0.15) is 5.10 Å². The van der Waals surface area contributed by atoms with E-state index >= 15 is 0 Å². The second-order valence-electron chi connectivity index (χ2n) is 4.44. The molecule has 1 heterocycles. The van der Waals surface area contributed by atoms with Crippen molar-refractivity contribution in [3.63, 3.8) is 0 Å². The molecule has 19 heavy (non-hydrogen) atoms. The van der Waals surface area contributed by atoms with E-state index < -0.39 is 0 Å². The molecule has 5 nitrogen and oxygen atoms in total. The quantitative estimate of drug-likeness (QED) is 0.864. The van der Waals surface area contributed by atoms with Crippen LogP contribution < -0.4 is 10.1 Å². The van der Waals surface area contributed by atoms with Crippen LogP contribution in [0, 0.1) is 0 Å². The van der Waals surface area contributed by atoms with Gasteiger partial charge in [0.2, 0.25) is 0 Å². The van der Waals surface area contributed by atoms with E-state index in [2.05, 4.69) is 34.5 Å². The number of aromatic nitrogens is 3. The minimum Gasteiger partial charge on any atom is -0.494 e. The summed E-state index contributed by atoms with van der Waals surface area (Å²) in [6.45, 7) is 5.46. The highest BCUT2D eigenvalue weighted by molar-refractivity contribution is 5.28. The number of benzene rings is 1. The van der Waals surface area contributed by atoms with Crippen molar-refractivity contribution in [2.75, 3.05) is 6.61 Å². The number of hydrogen-bond acceptors (Lipinski definition) is 4. The van der Waals surface area contributed by atoms with Crippen LogP contribution in [0.3, 0.4) is 0 Å². The molecular weight excluding hydrogens is 240 g/mol. The predicted octanol–water partition coefficient (Wildman–Crippen LogP) is 2.06. The number of hydrogen-bond donors (Lipinski definition) is 1. The van der Waals surface area contributed by atoms with Crippen LogP contribution in [0.2, 0.25) is 0 Å². The fourth-order valence-electron chi connectivity index (χ4n) is 1.85. The van der Waals surface area contributed by atoms with Crippen LogP contribution in [-0.4, -0.2) is 21.4 Å². The van der Waals surface area contributed by atoms with Crippen LogP contribution in [-0.2, 0) is 13.6 Å². The predicted molar refractivity (Wildman–Crippen MR) is 73.9 cm³/mol. The lowest BCUT2D eigenvalue weighted by Gasteiger charge is -2.13. The summed E-state index contributed by atoms with van der Waals surface area (Å²) >= 11 is 0. The van der Waals surface area contributed by atoms with E-state index in [4.69, 9.17) is 4.74 Å². The molecule has 1 unspecified atom stereocenters. The molecule has 1 N–H and O–H groups in total. The molecule has 0 bridgehead atoms. The van der Waals surface area contributed by atoms with E-state index in [0.717, 1.165) is 11.6 Å². The SMILES string of the molecule is CCOc1ccc(C(C)NCc2ncn(C)n2)cc1. The van der Waals surface area contributed by atoms with E-state index in [0.29, 0.717) is 13.2 Å². The summed E-state index contributed by atoms with van der Waals surface area (Å²) in [5.41, 5.74) is 1.22. The molecular formula is C14H20N4O. The number of ether oxygens (including phenoxy) is 1. The van der Waals surface area contributed by atoms with Gasteiger partial charge in [-0.05, 0) is 31.5 Å². The van der Waals surface area contributed by atoms with Gasteiger partial charge < -0.3 is 10.1 Å². The Morgan fingerprint density at radius 1 is 1.32 bits per heavy atom. The van der Waals surface area contributed by atoms with Crippen molar-refractivity contribution in [3.8, 4) is 5.75 Å². The first-order chi connectivity index (χ1) is 9.19. The van der Waals surface area contributed by atoms with E-state index in [1.165, 1.54) is 5.56 Å². The summed E-state index contributed by atoms with van der Waals surface area (Å²) < 4.78 is 7.14. The normalized spacial score (nSPS) is 12.4. The number of nitrogens with one attached hydrogen (secondary N) is 1. The number of rotatable bonds is 6. The minimum absolute atomic E-state index is 0.250. The first-order valence-corrected chi connectivity index (χ1v) is 6.49. The highest BCUT2D eigenvalue weighted by Crippen LogP contribution is 2.17. The fraction of sp³-hybridized carbons (Fsp3) is 0.429. The topological polar surface area (TPSA) is 52.0 Å². The molecule has 0 radical (unpaired) electrons. The van der Waals surface area contributed by atoms with Gasteiger partial charge in [-0.15, -0.1) is 0 Å². The lowest BCUT2D eigenvalue weighted by Crippen LogP contribution is -2.19. The van der Waals surface area contributed by atoms with Gasteiger partial charge in [-0.3, -0.25) is 4.68 Å². The molecule has 0 aliphatic heterocycles. The highest BCUT2D eigenvalue weighted by atomic mass is 16.5. The summed E-state index contributed by atoms with van der Waals surface area (Å²) in [6, 6.07) is 8.40. The maximum Gasteiger partial charge on any atom is 0.164 e. The summed E-state index contributed by atoms with van der Waals surface area (Å²) in [4.78, 5) is 4.19. The molecule has 102 valence electrons. The van der Waals surface area contributed by atoms with E-state index in [1.54, 1.807) is 11.0 Å². The first kappa shape index (κ1) is 13.5. The summed E-state index contributed by atoms with van der Waals surface area (Å²) in [5, 5.41) is 7.64. The van der Waals surface area contributed by atoms with Gasteiger partial charge in [0.1, 0.15) is 12.1 Å². The van der Waals surface area contributed by atoms with Crippen molar-refractivity contribution in [3.05, 3.63) is 42.0 Å². The second kappa shape index (κ2) is 6.33. The Morgan fingerprint density at radius 3 is 2.63 bits per heavy atom. The van der Waals surface area contributed by atoms with Crippen molar-refractivity contribution in [2.45, 2.75) is 26.4 Å². The third-order valence-corrected chi connectivity index (χ3v) is 2.90. The van der Waals surface area contributed by atoms with Crippen LogP contribution in [0.4, 0.5) is 0 Å². The Balaban J connectivity index is 1.90. The van der Waals surface area contributed by atoms with Gasteiger partial charge in [-0.1, -0.05) is 12.1 Å². The third kappa shape index (κ3) is 3.79. The zero-order chi connectivity index (χ0) is 13.7. The smallest absolute Gasteiger partial charge is 0.164 e. The Bertz CT molecular complexity index is 506. The maximum atomic E-state index is 5.43.